The fraction of sp³-hybridized carbons (Fsp3) is 0.333. The number of rotatable bonds is 6. The first-order chi connectivity index (χ1) is 16.8. The molecule has 7 nitrogen and oxygen atoms in total. The van der Waals surface area contributed by atoms with Crippen molar-refractivity contribution >= 4 is 22.9 Å². The molecule has 1 aromatic heterocycles. The molecule has 4 heterocycles. The molecule has 0 amide bonds. The van der Waals surface area contributed by atoms with Crippen LogP contribution in [0.25, 0.3) is 5.57 Å². The lowest BCUT2D eigenvalue weighted by molar-refractivity contribution is 0.330. The monoisotopic (exact) mass is 474 g/mol. The second-order valence-corrected chi connectivity index (χ2v) is 9.40. The molecule has 1 saturated heterocycles. The summed E-state index contributed by atoms with van der Waals surface area (Å²) in [6.45, 7) is 17.0. The molecule has 0 saturated carbocycles. The number of hydrogen-bond donors (Lipinski definition) is 2. The fourth-order valence-corrected chi connectivity index (χ4v) is 4.97. The first-order valence-corrected chi connectivity index (χ1v) is 11.8. The van der Waals surface area contributed by atoms with Crippen LogP contribution < -0.4 is 25.2 Å². The largest absolute Gasteiger partial charge is 0.469 e. The predicted molar refractivity (Wildman–Crippen MR) is 139 cm³/mol. The van der Waals surface area contributed by atoms with Gasteiger partial charge in [-0.3, -0.25) is 0 Å². The average molecular weight is 475 g/mol. The molecular weight excluding hydrogens is 443 g/mol. The molecule has 1 aromatic carbocycles. The maximum atomic E-state index is 14.8. The third-order valence-electron chi connectivity index (χ3n) is 6.81. The summed E-state index contributed by atoms with van der Waals surface area (Å²) in [5.74, 6) is 2.01. The van der Waals surface area contributed by atoms with Gasteiger partial charge < -0.3 is 25.2 Å². The van der Waals surface area contributed by atoms with E-state index in [4.69, 9.17) is 4.74 Å². The Labute approximate surface area is 205 Å². The minimum atomic E-state index is -0.174. The van der Waals surface area contributed by atoms with Crippen molar-refractivity contribution in [3.8, 4) is 5.88 Å². The van der Waals surface area contributed by atoms with E-state index < -0.39 is 0 Å². The molecule has 0 bridgehead atoms. The smallest absolute Gasteiger partial charge is 0.258 e. The van der Waals surface area contributed by atoms with Gasteiger partial charge in [-0.2, -0.15) is 0 Å². The Morgan fingerprint density at radius 1 is 1.29 bits per heavy atom. The molecule has 2 aromatic rings. The van der Waals surface area contributed by atoms with Gasteiger partial charge in [0.2, 0.25) is 0 Å². The van der Waals surface area contributed by atoms with Gasteiger partial charge >= 0.3 is 0 Å². The van der Waals surface area contributed by atoms with E-state index in [1.54, 1.807) is 12.3 Å². The Bertz CT molecular complexity index is 1250. The molecule has 0 unspecified atom stereocenters. The highest BCUT2D eigenvalue weighted by atomic mass is 19.1. The van der Waals surface area contributed by atoms with Crippen LogP contribution in [0.3, 0.4) is 0 Å². The SMILES string of the molecule is C=C1COc2ncc(N3C[C@H](CNCCc4c(F)ccc5c4N(C)C(=C)C=C5C)CC3=C)nc2N1. The Morgan fingerprint density at radius 3 is 2.94 bits per heavy atom. The zero-order valence-corrected chi connectivity index (χ0v) is 20.3. The van der Waals surface area contributed by atoms with Crippen molar-refractivity contribution in [3.63, 3.8) is 0 Å². The maximum Gasteiger partial charge on any atom is 0.258 e. The van der Waals surface area contributed by atoms with E-state index in [0.717, 1.165) is 64.8 Å². The molecule has 0 radical (unpaired) electrons. The number of anilines is 3. The summed E-state index contributed by atoms with van der Waals surface area (Å²) in [6, 6.07) is 3.43. The molecule has 35 heavy (non-hydrogen) atoms. The van der Waals surface area contributed by atoms with Gasteiger partial charge in [-0.15, -0.1) is 0 Å². The zero-order valence-electron chi connectivity index (χ0n) is 20.3. The minimum absolute atomic E-state index is 0.174. The first-order valence-electron chi connectivity index (χ1n) is 11.8. The van der Waals surface area contributed by atoms with Crippen LogP contribution in [0.5, 0.6) is 5.88 Å². The normalized spacial score (nSPS) is 19.2. The number of nitrogens with one attached hydrogen (secondary N) is 2. The van der Waals surface area contributed by atoms with Crippen LogP contribution in [0, 0.1) is 11.7 Å². The van der Waals surface area contributed by atoms with Gasteiger partial charge in [-0.1, -0.05) is 19.7 Å². The summed E-state index contributed by atoms with van der Waals surface area (Å²) in [5.41, 5.74) is 6.45. The number of likely N-dealkylation sites (N-methyl/N-ethyl adjacent to an activating group) is 1. The van der Waals surface area contributed by atoms with Gasteiger partial charge in [0.05, 0.1) is 11.9 Å². The maximum absolute atomic E-state index is 14.8. The third kappa shape index (κ3) is 4.41. The van der Waals surface area contributed by atoms with E-state index in [1.807, 2.05) is 31.0 Å². The summed E-state index contributed by atoms with van der Waals surface area (Å²) in [5, 5.41) is 6.66. The summed E-state index contributed by atoms with van der Waals surface area (Å²) < 4.78 is 20.4. The van der Waals surface area contributed by atoms with E-state index in [0.29, 0.717) is 37.2 Å². The highest BCUT2D eigenvalue weighted by Gasteiger charge is 2.29. The van der Waals surface area contributed by atoms with Gasteiger partial charge in [0.1, 0.15) is 12.4 Å². The highest BCUT2D eigenvalue weighted by Crippen LogP contribution is 2.38. The minimum Gasteiger partial charge on any atom is -0.469 e. The molecule has 8 heteroatoms. The van der Waals surface area contributed by atoms with Crippen LogP contribution in [0.1, 0.15) is 24.5 Å². The first kappa shape index (κ1) is 23.1. The second kappa shape index (κ2) is 9.19. The van der Waals surface area contributed by atoms with E-state index in [-0.39, 0.29) is 5.82 Å². The van der Waals surface area contributed by atoms with Gasteiger partial charge in [-0.05, 0) is 56.0 Å². The van der Waals surface area contributed by atoms with Crippen LogP contribution in [0.4, 0.5) is 21.7 Å². The molecule has 0 aliphatic carbocycles. The van der Waals surface area contributed by atoms with Crippen molar-refractivity contribution in [2.45, 2.75) is 19.8 Å². The van der Waals surface area contributed by atoms with Crippen LogP contribution in [-0.2, 0) is 6.42 Å². The standard InChI is InChI=1S/C27H31FN6O/c1-16-10-18(3)33(5)25-21(16)6-7-23(28)22(25)8-9-29-12-20-11-19(4)34(14-20)24-13-30-27-26(32-24)31-17(2)15-35-27/h6-7,10,13,20,29H,2-4,8-9,11-12,14-15H2,1,5H3,(H,31,32)/t20-/m0/s1. The lowest BCUT2D eigenvalue weighted by Crippen LogP contribution is -2.29. The zero-order chi connectivity index (χ0) is 24.7. The van der Waals surface area contributed by atoms with Gasteiger partial charge in [-0.25, -0.2) is 14.4 Å². The van der Waals surface area contributed by atoms with Gasteiger partial charge in [0, 0.05) is 48.4 Å². The fourth-order valence-electron chi connectivity index (χ4n) is 4.97. The second-order valence-electron chi connectivity index (χ2n) is 9.40. The average Bonchev–Trinajstić information content (AvgIpc) is 3.20. The molecule has 3 aliphatic heterocycles. The lowest BCUT2D eigenvalue weighted by atomic mass is 9.94. The summed E-state index contributed by atoms with van der Waals surface area (Å²) in [6.07, 6.45) is 5.22. The molecular formula is C27H31FN6O. The Hall–Kier alpha value is -3.65. The van der Waals surface area contributed by atoms with Crippen molar-refractivity contribution in [1.29, 1.82) is 0 Å². The number of benzene rings is 1. The third-order valence-corrected chi connectivity index (χ3v) is 6.81. The number of fused-ring (bicyclic) bond motifs is 2. The van der Waals surface area contributed by atoms with Crippen molar-refractivity contribution < 1.29 is 9.13 Å². The van der Waals surface area contributed by atoms with Crippen molar-refractivity contribution in [1.82, 2.24) is 15.3 Å². The van der Waals surface area contributed by atoms with Gasteiger partial charge in [0.15, 0.2) is 11.6 Å². The number of allylic oxidation sites excluding steroid dienone is 3. The molecule has 1 atom stereocenters. The number of aromatic nitrogens is 2. The van der Waals surface area contributed by atoms with E-state index in [2.05, 4.69) is 45.2 Å². The van der Waals surface area contributed by atoms with E-state index in [1.165, 1.54) is 0 Å². The summed E-state index contributed by atoms with van der Waals surface area (Å²) in [7, 11) is 1.94. The number of nitrogens with zero attached hydrogens (tertiary/aromatic N) is 4. The van der Waals surface area contributed by atoms with Crippen molar-refractivity contribution in [2.24, 2.45) is 5.92 Å². The van der Waals surface area contributed by atoms with Gasteiger partial charge in [0.25, 0.3) is 5.88 Å². The van der Waals surface area contributed by atoms with Crippen molar-refractivity contribution in [3.05, 3.63) is 78.2 Å². The number of hydrogen-bond acceptors (Lipinski definition) is 7. The van der Waals surface area contributed by atoms with E-state index >= 15 is 0 Å². The molecule has 3 aliphatic rings. The topological polar surface area (TPSA) is 65.5 Å². The molecule has 5 rings (SSSR count). The van der Waals surface area contributed by atoms with Crippen LogP contribution in [-0.4, -0.2) is 43.3 Å². The quantitative estimate of drug-likeness (QED) is 0.599. The van der Waals surface area contributed by atoms with Crippen LogP contribution >= 0.6 is 0 Å². The Balaban J connectivity index is 1.20. The molecule has 2 N–H and O–H groups in total. The highest BCUT2D eigenvalue weighted by molar-refractivity contribution is 5.85. The van der Waals surface area contributed by atoms with Crippen LogP contribution in [0.2, 0.25) is 0 Å². The lowest BCUT2D eigenvalue weighted by Gasteiger charge is -2.30. The molecule has 0 spiro atoms. The Morgan fingerprint density at radius 2 is 2.11 bits per heavy atom. The Kier molecular flexibility index (Phi) is 6.06. The molecule has 1 fully saturated rings. The molecule has 182 valence electrons. The van der Waals surface area contributed by atoms with Crippen molar-refractivity contribution in [2.75, 3.05) is 48.4 Å². The number of ether oxygens (including phenoxy) is 1. The van der Waals surface area contributed by atoms with E-state index in [9.17, 15) is 4.39 Å². The number of halogens is 1. The predicted octanol–water partition coefficient (Wildman–Crippen LogP) is 4.47. The van der Waals surface area contributed by atoms with Crippen LogP contribution in [0.15, 0.2) is 61.2 Å². The summed E-state index contributed by atoms with van der Waals surface area (Å²) in [4.78, 5) is 13.1. The summed E-state index contributed by atoms with van der Waals surface area (Å²) >= 11 is 0.